The highest BCUT2D eigenvalue weighted by atomic mass is 32.1. The summed E-state index contributed by atoms with van der Waals surface area (Å²) in [5, 5.41) is 18.2. The van der Waals surface area contributed by atoms with E-state index < -0.39 is 4.92 Å². The summed E-state index contributed by atoms with van der Waals surface area (Å²) in [5.74, 6) is 0. The Morgan fingerprint density at radius 3 is 2.59 bits per heavy atom. The molecule has 6 nitrogen and oxygen atoms in total. The van der Waals surface area contributed by atoms with Crippen molar-refractivity contribution in [1.29, 1.82) is 0 Å². The van der Waals surface area contributed by atoms with Gasteiger partial charge in [0.1, 0.15) is 0 Å². The smallest absolute Gasteiger partial charge is 0.270 e. The van der Waals surface area contributed by atoms with Crippen LogP contribution in [0.2, 0.25) is 0 Å². The van der Waals surface area contributed by atoms with Gasteiger partial charge in [-0.2, -0.15) is 5.10 Å². The number of thiocarbonyl (C=S) groups is 1. The third kappa shape index (κ3) is 4.35. The normalized spacial score (nSPS) is 10.9. The topological polar surface area (TPSA) is 79.6 Å². The molecule has 0 atom stereocenters. The van der Waals surface area contributed by atoms with Crippen LogP contribution in [0.5, 0.6) is 0 Å². The van der Waals surface area contributed by atoms with Crippen LogP contribution >= 0.6 is 12.2 Å². The number of anilines is 1. The molecular weight excluding hydrogens is 300 g/mol. The second kappa shape index (κ2) is 7.28. The van der Waals surface area contributed by atoms with E-state index in [1.54, 1.807) is 19.1 Å². The van der Waals surface area contributed by atoms with Crippen LogP contribution in [0, 0.1) is 10.1 Å². The quantitative estimate of drug-likeness (QED) is 0.392. The predicted octanol–water partition coefficient (Wildman–Crippen LogP) is 3.31. The monoisotopic (exact) mass is 314 g/mol. The van der Waals surface area contributed by atoms with E-state index in [4.69, 9.17) is 12.2 Å². The molecule has 0 fully saturated rings. The average Bonchev–Trinajstić information content (AvgIpc) is 2.53. The van der Waals surface area contributed by atoms with Crippen molar-refractivity contribution >= 4 is 34.4 Å². The zero-order valence-corrected chi connectivity index (χ0v) is 12.6. The van der Waals surface area contributed by atoms with Crippen LogP contribution in [0.1, 0.15) is 12.5 Å². The third-order valence-electron chi connectivity index (χ3n) is 2.83. The van der Waals surface area contributed by atoms with Crippen LogP contribution in [0.4, 0.5) is 11.4 Å². The highest BCUT2D eigenvalue weighted by molar-refractivity contribution is 7.80. The Hall–Kier alpha value is -2.80. The van der Waals surface area contributed by atoms with Crippen molar-refractivity contribution < 1.29 is 4.92 Å². The van der Waals surface area contributed by atoms with E-state index in [1.165, 1.54) is 12.1 Å². The zero-order chi connectivity index (χ0) is 15.9. The van der Waals surface area contributed by atoms with Gasteiger partial charge in [-0.3, -0.25) is 15.5 Å². The molecule has 2 rings (SSSR count). The summed E-state index contributed by atoms with van der Waals surface area (Å²) in [6, 6.07) is 15.7. The maximum absolute atomic E-state index is 10.8. The van der Waals surface area contributed by atoms with Crippen molar-refractivity contribution in [2.75, 3.05) is 5.32 Å². The molecule has 0 aliphatic rings. The van der Waals surface area contributed by atoms with E-state index in [1.807, 2.05) is 30.3 Å². The Labute approximate surface area is 133 Å². The summed E-state index contributed by atoms with van der Waals surface area (Å²) < 4.78 is 0. The lowest BCUT2D eigenvalue weighted by Gasteiger charge is -2.07. The largest absolute Gasteiger partial charge is 0.331 e. The summed E-state index contributed by atoms with van der Waals surface area (Å²) >= 11 is 5.13. The number of nitro benzene ring substituents is 1. The van der Waals surface area contributed by atoms with Gasteiger partial charge in [0.25, 0.3) is 5.69 Å². The highest BCUT2D eigenvalue weighted by Crippen LogP contribution is 2.13. The fraction of sp³-hybridized carbons (Fsp3) is 0.0667. The molecule has 0 heterocycles. The number of nitrogens with one attached hydrogen (secondary N) is 2. The third-order valence-corrected chi connectivity index (χ3v) is 3.02. The van der Waals surface area contributed by atoms with Gasteiger partial charge >= 0.3 is 0 Å². The zero-order valence-electron chi connectivity index (χ0n) is 11.8. The number of benzene rings is 2. The summed E-state index contributed by atoms with van der Waals surface area (Å²) in [4.78, 5) is 10.3. The van der Waals surface area contributed by atoms with Crippen molar-refractivity contribution in [1.82, 2.24) is 5.43 Å². The molecule has 7 heteroatoms. The van der Waals surface area contributed by atoms with Crippen LogP contribution in [0.3, 0.4) is 0 Å². The Balaban J connectivity index is 2.02. The van der Waals surface area contributed by atoms with E-state index in [9.17, 15) is 10.1 Å². The Morgan fingerprint density at radius 1 is 1.18 bits per heavy atom. The van der Waals surface area contributed by atoms with Gasteiger partial charge in [0.15, 0.2) is 5.11 Å². The summed E-state index contributed by atoms with van der Waals surface area (Å²) in [6.07, 6.45) is 0. The molecule has 2 aromatic rings. The van der Waals surface area contributed by atoms with E-state index in [2.05, 4.69) is 15.8 Å². The average molecular weight is 314 g/mol. The fourth-order valence-electron chi connectivity index (χ4n) is 1.72. The van der Waals surface area contributed by atoms with Gasteiger partial charge in [0.2, 0.25) is 0 Å². The van der Waals surface area contributed by atoms with Gasteiger partial charge in [-0.1, -0.05) is 30.3 Å². The Morgan fingerprint density at radius 2 is 1.91 bits per heavy atom. The minimum absolute atomic E-state index is 0.0250. The van der Waals surface area contributed by atoms with Crippen LogP contribution in [-0.2, 0) is 0 Å². The van der Waals surface area contributed by atoms with E-state index in [0.29, 0.717) is 16.4 Å². The van der Waals surface area contributed by atoms with Crippen molar-refractivity contribution in [3.63, 3.8) is 0 Å². The van der Waals surface area contributed by atoms with Crippen LogP contribution in [0.15, 0.2) is 59.7 Å². The maximum Gasteiger partial charge on any atom is 0.270 e. The molecule has 0 saturated carbocycles. The lowest BCUT2D eigenvalue weighted by Crippen LogP contribution is -2.24. The Bertz CT molecular complexity index is 716. The molecule has 0 amide bonds. The molecule has 0 aliphatic heterocycles. The molecular formula is C15H14N4O2S. The Kier molecular flexibility index (Phi) is 5.16. The van der Waals surface area contributed by atoms with Crippen LogP contribution in [0.25, 0.3) is 0 Å². The summed E-state index contributed by atoms with van der Waals surface area (Å²) in [5.41, 5.74) is 4.85. The van der Waals surface area contributed by atoms with Gasteiger partial charge in [-0.05, 0) is 31.3 Å². The van der Waals surface area contributed by atoms with Crippen molar-refractivity contribution in [2.45, 2.75) is 6.92 Å². The molecule has 0 aromatic heterocycles. The number of para-hydroxylation sites is 1. The standard InChI is InChI=1S/C15H14N4O2S/c1-11(12-6-5-9-14(10-12)19(20)21)17-18-15(22)16-13-7-3-2-4-8-13/h2-10H,1H3,(H2,16,18,22)/b17-11+. The minimum Gasteiger partial charge on any atom is -0.331 e. The van der Waals surface area contributed by atoms with Crippen LogP contribution in [-0.4, -0.2) is 15.7 Å². The number of non-ortho nitro benzene ring substituents is 1. The van der Waals surface area contributed by atoms with E-state index in [0.717, 1.165) is 5.69 Å². The van der Waals surface area contributed by atoms with Gasteiger partial charge in [0, 0.05) is 23.4 Å². The molecule has 22 heavy (non-hydrogen) atoms. The van der Waals surface area contributed by atoms with Gasteiger partial charge in [-0.25, -0.2) is 0 Å². The number of hydrogen-bond donors (Lipinski definition) is 2. The molecule has 2 N–H and O–H groups in total. The lowest BCUT2D eigenvalue weighted by molar-refractivity contribution is -0.384. The second-order valence-electron chi connectivity index (χ2n) is 4.44. The molecule has 0 bridgehead atoms. The highest BCUT2D eigenvalue weighted by Gasteiger charge is 2.07. The van der Waals surface area contributed by atoms with Crippen molar-refractivity contribution in [3.05, 3.63) is 70.3 Å². The second-order valence-corrected chi connectivity index (χ2v) is 4.84. The van der Waals surface area contributed by atoms with Crippen molar-refractivity contribution in [2.24, 2.45) is 5.10 Å². The number of hydrazone groups is 1. The first kappa shape index (κ1) is 15.6. The number of hydrogen-bond acceptors (Lipinski definition) is 4. The first-order valence-corrected chi connectivity index (χ1v) is 6.88. The van der Waals surface area contributed by atoms with Crippen molar-refractivity contribution in [3.8, 4) is 0 Å². The fourth-order valence-corrected chi connectivity index (χ4v) is 1.89. The number of nitro groups is 1. The lowest BCUT2D eigenvalue weighted by atomic mass is 10.1. The molecule has 2 aromatic carbocycles. The summed E-state index contributed by atoms with van der Waals surface area (Å²) in [7, 11) is 0. The molecule has 0 unspecified atom stereocenters. The molecule has 112 valence electrons. The molecule has 0 spiro atoms. The van der Waals surface area contributed by atoms with E-state index >= 15 is 0 Å². The minimum atomic E-state index is -0.439. The first-order valence-electron chi connectivity index (χ1n) is 6.47. The van der Waals surface area contributed by atoms with Crippen LogP contribution < -0.4 is 10.7 Å². The van der Waals surface area contributed by atoms with E-state index in [-0.39, 0.29) is 5.69 Å². The number of nitrogens with zero attached hydrogens (tertiary/aromatic N) is 2. The summed E-state index contributed by atoms with van der Waals surface area (Å²) in [6.45, 7) is 1.75. The SMILES string of the molecule is C/C(=N\NC(=S)Nc1ccccc1)c1cccc([N+](=O)[O-])c1. The van der Waals surface area contributed by atoms with Gasteiger partial charge in [0.05, 0.1) is 10.6 Å². The molecule has 0 radical (unpaired) electrons. The molecule has 0 aliphatic carbocycles. The number of rotatable bonds is 4. The van der Waals surface area contributed by atoms with Gasteiger partial charge < -0.3 is 5.32 Å². The van der Waals surface area contributed by atoms with Gasteiger partial charge in [-0.15, -0.1) is 0 Å². The first-order chi connectivity index (χ1) is 10.6. The molecule has 0 saturated heterocycles. The predicted molar refractivity (Wildman–Crippen MR) is 91.1 cm³/mol. The maximum atomic E-state index is 10.8.